The largest absolute Gasteiger partial charge is 0.394 e. The predicted molar refractivity (Wildman–Crippen MR) is 55.1 cm³/mol. The number of halogens is 1. The molecular formula is C9H17ClO6. The molecule has 1 heterocycles. The van der Waals surface area contributed by atoms with E-state index in [1.165, 1.54) is 0 Å². The van der Waals surface area contributed by atoms with Crippen molar-refractivity contribution in [1.29, 1.82) is 0 Å². The van der Waals surface area contributed by atoms with Crippen LogP contribution < -0.4 is 0 Å². The summed E-state index contributed by atoms with van der Waals surface area (Å²) in [5.41, 5.74) is 0. The second kappa shape index (κ2) is 6.70. The van der Waals surface area contributed by atoms with Crippen LogP contribution in [0.4, 0.5) is 0 Å². The topological polar surface area (TPSA) is 99.4 Å². The Labute approximate surface area is 98.4 Å². The molecule has 7 heteroatoms. The van der Waals surface area contributed by atoms with E-state index in [4.69, 9.17) is 26.2 Å². The van der Waals surface area contributed by atoms with Gasteiger partial charge in [0.1, 0.15) is 24.4 Å². The van der Waals surface area contributed by atoms with E-state index in [1.807, 2.05) is 0 Å². The molecule has 1 aliphatic rings. The van der Waals surface area contributed by atoms with E-state index in [0.29, 0.717) is 12.3 Å². The summed E-state index contributed by atoms with van der Waals surface area (Å²) in [5, 5.41) is 37.3. The van der Waals surface area contributed by atoms with E-state index >= 15 is 0 Å². The van der Waals surface area contributed by atoms with Crippen LogP contribution in [0.2, 0.25) is 0 Å². The molecule has 0 aromatic heterocycles. The Morgan fingerprint density at radius 1 is 1.12 bits per heavy atom. The van der Waals surface area contributed by atoms with Crippen molar-refractivity contribution in [2.24, 2.45) is 0 Å². The van der Waals surface area contributed by atoms with E-state index in [-0.39, 0.29) is 6.61 Å². The maximum absolute atomic E-state index is 9.55. The maximum Gasteiger partial charge on any atom is 0.186 e. The SMILES string of the molecule is OC[C@H]1OC(OCCCCl)[C@H](O)[C@@H](O)[C@@H]1O. The van der Waals surface area contributed by atoms with Gasteiger partial charge in [-0.05, 0) is 6.42 Å². The minimum Gasteiger partial charge on any atom is -0.394 e. The van der Waals surface area contributed by atoms with Crippen LogP contribution in [-0.4, -0.2) is 70.2 Å². The number of aliphatic hydroxyl groups is 4. The number of rotatable bonds is 5. The highest BCUT2D eigenvalue weighted by molar-refractivity contribution is 6.17. The Morgan fingerprint density at radius 2 is 1.81 bits per heavy atom. The molecule has 1 aliphatic heterocycles. The van der Waals surface area contributed by atoms with Crippen LogP contribution in [0.5, 0.6) is 0 Å². The normalized spacial score (nSPS) is 39.9. The third-order valence-corrected chi connectivity index (χ3v) is 2.68. The molecule has 0 aromatic rings. The lowest BCUT2D eigenvalue weighted by atomic mass is 9.99. The van der Waals surface area contributed by atoms with Gasteiger partial charge < -0.3 is 29.9 Å². The molecule has 0 amide bonds. The smallest absolute Gasteiger partial charge is 0.186 e. The highest BCUT2D eigenvalue weighted by atomic mass is 35.5. The molecule has 6 nitrogen and oxygen atoms in total. The minimum absolute atomic E-state index is 0.270. The highest BCUT2D eigenvalue weighted by Crippen LogP contribution is 2.21. The third-order valence-electron chi connectivity index (χ3n) is 2.41. The average Bonchev–Trinajstić information content (AvgIpc) is 2.29. The Balaban J connectivity index is 2.50. The van der Waals surface area contributed by atoms with Crippen molar-refractivity contribution in [2.45, 2.75) is 37.1 Å². The summed E-state index contributed by atoms with van der Waals surface area (Å²) in [4.78, 5) is 0. The quantitative estimate of drug-likeness (QED) is 0.350. The molecule has 96 valence electrons. The Hall–Kier alpha value is 0.0500. The summed E-state index contributed by atoms with van der Waals surface area (Å²) in [5.74, 6) is 0.414. The van der Waals surface area contributed by atoms with Gasteiger partial charge in [0.25, 0.3) is 0 Å². The number of hydrogen-bond acceptors (Lipinski definition) is 6. The summed E-state index contributed by atoms with van der Waals surface area (Å²) < 4.78 is 10.2. The van der Waals surface area contributed by atoms with Crippen LogP contribution in [-0.2, 0) is 9.47 Å². The van der Waals surface area contributed by atoms with Crippen molar-refractivity contribution >= 4 is 11.6 Å². The molecule has 1 saturated heterocycles. The fraction of sp³-hybridized carbons (Fsp3) is 1.00. The molecule has 0 aliphatic carbocycles. The molecule has 0 aromatic carbocycles. The number of alkyl halides is 1. The molecule has 1 unspecified atom stereocenters. The fourth-order valence-electron chi connectivity index (χ4n) is 1.46. The summed E-state index contributed by atoms with van der Waals surface area (Å²) in [6.45, 7) is -0.188. The van der Waals surface area contributed by atoms with Crippen molar-refractivity contribution in [3.63, 3.8) is 0 Å². The molecule has 0 bridgehead atoms. The summed E-state index contributed by atoms with van der Waals surface area (Å²) >= 11 is 5.45. The maximum atomic E-state index is 9.55. The van der Waals surface area contributed by atoms with Gasteiger partial charge in [0, 0.05) is 5.88 Å². The summed E-state index contributed by atoms with van der Waals surface area (Å²) in [7, 11) is 0. The molecular weight excluding hydrogens is 240 g/mol. The van der Waals surface area contributed by atoms with Gasteiger partial charge in [-0.15, -0.1) is 11.6 Å². The van der Waals surface area contributed by atoms with Crippen LogP contribution in [0.3, 0.4) is 0 Å². The molecule has 1 fully saturated rings. The van der Waals surface area contributed by atoms with Gasteiger partial charge in [-0.2, -0.15) is 0 Å². The molecule has 0 saturated carbocycles. The van der Waals surface area contributed by atoms with Gasteiger partial charge in [0.15, 0.2) is 6.29 Å². The zero-order valence-electron chi connectivity index (χ0n) is 8.70. The lowest BCUT2D eigenvalue weighted by Crippen LogP contribution is -2.59. The second-order valence-electron chi connectivity index (χ2n) is 3.61. The first-order chi connectivity index (χ1) is 7.61. The first kappa shape index (κ1) is 14.1. The molecule has 4 N–H and O–H groups in total. The van der Waals surface area contributed by atoms with Crippen LogP contribution in [0.15, 0.2) is 0 Å². The van der Waals surface area contributed by atoms with E-state index in [0.717, 1.165) is 0 Å². The number of ether oxygens (including phenoxy) is 2. The van der Waals surface area contributed by atoms with E-state index in [1.54, 1.807) is 0 Å². The van der Waals surface area contributed by atoms with Crippen molar-refractivity contribution in [3.05, 3.63) is 0 Å². The number of hydrogen-bond donors (Lipinski definition) is 4. The van der Waals surface area contributed by atoms with Crippen LogP contribution in [0, 0.1) is 0 Å². The highest BCUT2D eigenvalue weighted by Gasteiger charge is 2.43. The lowest BCUT2D eigenvalue weighted by molar-refractivity contribution is -0.300. The Bertz CT molecular complexity index is 202. The zero-order chi connectivity index (χ0) is 12.1. The Kier molecular flexibility index (Phi) is 5.91. The lowest BCUT2D eigenvalue weighted by Gasteiger charge is -2.39. The van der Waals surface area contributed by atoms with Gasteiger partial charge in [0.2, 0.25) is 0 Å². The van der Waals surface area contributed by atoms with E-state index in [9.17, 15) is 15.3 Å². The van der Waals surface area contributed by atoms with Gasteiger partial charge >= 0.3 is 0 Å². The molecule has 5 atom stereocenters. The monoisotopic (exact) mass is 256 g/mol. The molecule has 16 heavy (non-hydrogen) atoms. The van der Waals surface area contributed by atoms with Crippen LogP contribution in [0.1, 0.15) is 6.42 Å². The summed E-state index contributed by atoms with van der Waals surface area (Å²) in [6, 6.07) is 0. The summed E-state index contributed by atoms with van der Waals surface area (Å²) in [6.07, 6.45) is -5.50. The number of aliphatic hydroxyl groups excluding tert-OH is 4. The van der Waals surface area contributed by atoms with Crippen molar-refractivity contribution in [3.8, 4) is 0 Å². The van der Waals surface area contributed by atoms with Crippen molar-refractivity contribution in [1.82, 2.24) is 0 Å². The van der Waals surface area contributed by atoms with Crippen molar-refractivity contribution < 1.29 is 29.9 Å². The van der Waals surface area contributed by atoms with Crippen LogP contribution >= 0.6 is 11.6 Å². The zero-order valence-corrected chi connectivity index (χ0v) is 9.45. The molecule has 0 spiro atoms. The van der Waals surface area contributed by atoms with E-state index < -0.39 is 37.3 Å². The van der Waals surface area contributed by atoms with Gasteiger partial charge in [-0.3, -0.25) is 0 Å². The second-order valence-corrected chi connectivity index (χ2v) is 3.99. The molecule has 1 rings (SSSR count). The first-order valence-corrected chi connectivity index (χ1v) is 5.63. The van der Waals surface area contributed by atoms with Crippen molar-refractivity contribution in [2.75, 3.05) is 19.1 Å². The minimum atomic E-state index is -1.40. The van der Waals surface area contributed by atoms with Crippen LogP contribution in [0.25, 0.3) is 0 Å². The van der Waals surface area contributed by atoms with Gasteiger partial charge in [0.05, 0.1) is 13.2 Å². The molecule has 0 radical (unpaired) electrons. The predicted octanol–water partition coefficient (Wildman–Crippen LogP) is -1.57. The van der Waals surface area contributed by atoms with Gasteiger partial charge in [-0.1, -0.05) is 0 Å². The third kappa shape index (κ3) is 3.27. The fourth-order valence-corrected chi connectivity index (χ4v) is 1.57. The van der Waals surface area contributed by atoms with E-state index in [2.05, 4.69) is 0 Å². The Morgan fingerprint density at radius 3 is 2.38 bits per heavy atom. The average molecular weight is 257 g/mol. The van der Waals surface area contributed by atoms with Gasteiger partial charge in [-0.25, -0.2) is 0 Å². The first-order valence-electron chi connectivity index (χ1n) is 5.10. The standard InChI is InChI=1S/C9H17ClO6/c10-2-1-3-15-9-8(14)7(13)6(12)5(4-11)16-9/h5-9,11-14H,1-4H2/t5-,6-,7+,8-,9?/m1/s1.